The second kappa shape index (κ2) is 4.38. The molecular formula is C10H9BrN2OS. The first-order valence-corrected chi connectivity index (χ1v) is 6.05. The van der Waals surface area contributed by atoms with Crippen LogP contribution in [0.1, 0.15) is 22.1 Å². The van der Waals surface area contributed by atoms with E-state index in [1.165, 1.54) is 11.3 Å². The quantitative estimate of drug-likeness (QED) is 0.922. The van der Waals surface area contributed by atoms with Crippen molar-refractivity contribution >= 4 is 27.3 Å². The Kier molecular flexibility index (Phi) is 3.14. The first-order valence-electron chi connectivity index (χ1n) is 4.37. The molecule has 0 spiro atoms. The number of halogens is 1. The fraction of sp³-hybridized carbons (Fsp3) is 0.200. The third-order valence-electron chi connectivity index (χ3n) is 2.17. The minimum atomic E-state index is -0.652. The van der Waals surface area contributed by atoms with Gasteiger partial charge in [-0.2, -0.15) is 0 Å². The summed E-state index contributed by atoms with van der Waals surface area (Å²) in [5.41, 5.74) is 3.55. The molecular weight excluding hydrogens is 276 g/mol. The van der Waals surface area contributed by atoms with Crippen molar-refractivity contribution in [3.63, 3.8) is 0 Å². The monoisotopic (exact) mass is 284 g/mol. The highest BCUT2D eigenvalue weighted by atomic mass is 79.9. The highest BCUT2D eigenvalue weighted by molar-refractivity contribution is 9.10. The van der Waals surface area contributed by atoms with Gasteiger partial charge in [-0.1, -0.05) is 0 Å². The van der Waals surface area contributed by atoms with E-state index in [0.717, 1.165) is 16.0 Å². The molecule has 1 atom stereocenters. The van der Waals surface area contributed by atoms with Crippen molar-refractivity contribution in [3.8, 4) is 0 Å². The molecule has 0 aliphatic rings. The molecule has 15 heavy (non-hydrogen) atoms. The van der Waals surface area contributed by atoms with Crippen LogP contribution in [0.5, 0.6) is 0 Å². The number of hydrogen-bond acceptors (Lipinski definition) is 4. The molecule has 0 aromatic carbocycles. The number of thiazole rings is 1. The van der Waals surface area contributed by atoms with E-state index < -0.39 is 6.10 Å². The Balaban J connectivity index is 2.41. The average Bonchev–Trinajstić information content (AvgIpc) is 2.64. The van der Waals surface area contributed by atoms with E-state index >= 15 is 0 Å². The Morgan fingerprint density at radius 3 is 2.93 bits per heavy atom. The van der Waals surface area contributed by atoms with E-state index in [1.807, 2.05) is 13.0 Å². The third-order valence-corrected chi connectivity index (χ3v) is 3.95. The zero-order chi connectivity index (χ0) is 10.8. The van der Waals surface area contributed by atoms with Gasteiger partial charge in [0.15, 0.2) is 0 Å². The fourth-order valence-electron chi connectivity index (χ4n) is 1.32. The van der Waals surface area contributed by atoms with Crippen molar-refractivity contribution in [1.29, 1.82) is 0 Å². The summed E-state index contributed by atoms with van der Waals surface area (Å²) in [7, 11) is 0. The number of pyridine rings is 1. The maximum absolute atomic E-state index is 10.1. The van der Waals surface area contributed by atoms with Gasteiger partial charge in [0.1, 0.15) is 10.7 Å². The van der Waals surface area contributed by atoms with E-state index in [2.05, 4.69) is 25.9 Å². The summed E-state index contributed by atoms with van der Waals surface area (Å²) in [5, 5.41) is 10.1. The normalized spacial score (nSPS) is 12.7. The SMILES string of the molecule is Cc1ccncc1C(O)c1scnc1Br. The van der Waals surface area contributed by atoms with Crippen molar-refractivity contribution in [3.05, 3.63) is 44.6 Å². The molecule has 2 aromatic rings. The number of aryl methyl sites for hydroxylation is 1. The molecule has 1 unspecified atom stereocenters. The Hall–Kier alpha value is -0.780. The summed E-state index contributed by atoms with van der Waals surface area (Å²) < 4.78 is 0.697. The molecule has 2 aromatic heterocycles. The van der Waals surface area contributed by atoms with Gasteiger partial charge in [0, 0.05) is 18.0 Å². The van der Waals surface area contributed by atoms with Crippen LogP contribution in [0.2, 0.25) is 0 Å². The van der Waals surface area contributed by atoms with Gasteiger partial charge in [-0.15, -0.1) is 11.3 Å². The summed E-state index contributed by atoms with van der Waals surface area (Å²) >= 11 is 4.73. The summed E-state index contributed by atoms with van der Waals surface area (Å²) in [6.45, 7) is 1.95. The smallest absolute Gasteiger partial charge is 0.123 e. The lowest BCUT2D eigenvalue weighted by Gasteiger charge is -2.11. The van der Waals surface area contributed by atoms with Crippen molar-refractivity contribution in [2.75, 3.05) is 0 Å². The van der Waals surface area contributed by atoms with Crippen molar-refractivity contribution in [2.24, 2.45) is 0 Å². The van der Waals surface area contributed by atoms with Crippen molar-refractivity contribution < 1.29 is 5.11 Å². The number of aliphatic hydroxyl groups is 1. The molecule has 1 N–H and O–H groups in total. The lowest BCUT2D eigenvalue weighted by atomic mass is 10.1. The Morgan fingerprint density at radius 2 is 2.33 bits per heavy atom. The highest BCUT2D eigenvalue weighted by Crippen LogP contribution is 2.31. The lowest BCUT2D eigenvalue weighted by molar-refractivity contribution is 0.222. The van der Waals surface area contributed by atoms with E-state index in [9.17, 15) is 5.11 Å². The molecule has 3 nitrogen and oxygen atoms in total. The van der Waals surface area contributed by atoms with Gasteiger partial charge in [-0.3, -0.25) is 4.98 Å². The first kappa shape index (κ1) is 10.7. The van der Waals surface area contributed by atoms with Crippen LogP contribution in [0.15, 0.2) is 28.6 Å². The molecule has 0 saturated carbocycles. The van der Waals surface area contributed by atoms with Crippen molar-refractivity contribution in [2.45, 2.75) is 13.0 Å². The summed E-state index contributed by atoms with van der Waals surface area (Å²) in [6.07, 6.45) is 2.75. The fourth-order valence-corrected chi connectivity index (χ4v) is 2.74. The molecule has 2 rings (SSSR count). The molecule has 0 saturated heterocycles. The van der Waals surface area contributed by atoms with Crippen LogP contribution >= 0.6 is 27.3 Å². The third kappa shape index (κ3) is 2.09. The van der Waals surface area contributed by atoms with E-state index in [0.29, 0.717) is 4.60 Å². The van der Waals surface area contributed by atoms with Gasteiger partial charge in [-0.05, 0) is 34.5 Å². The second-order valence-electron chi connectivity index (χ2n) is 3.14. The molecule has 0 radical (unpaired) electrons. The molecule has 78 valence electrons. The average molecular weight is 285 g/mol. The summed E-state index contributed by atoms with van der Waals surface area (Å²) in [6, 6.07) is 1.88. The molecule has 5 heteroatoms. The zero-order valence-electron chi connectivity index (χ0n) is 8.01. The standard InChI is InChI=1S/C10H9BrN2OS/c1-6-2-3-12-4-7(6)8(14)9-10(11)13-5-15-9/h2-5,8,14H,1H3. The number of nitrogens with zero attached hydrogens (tertiary/aromatic N) is 2. The maximum atomic E-state index is 10.1. The number of rotatable bonds is 2. The topological polar surface area (TPSA) is 46.0 Å². The Bertz CT molecular complexity index is 472. The number of aliphatic hydroxyl groups excluding tert-OH is 1. The second-order valence-corrected chi connectivity index (χ2v) is 4.78. The molecule has 0 aliphatic heterocycles. The van der Waals surface area contributed by atoms with Crippen LogP contribution in [0.25, 0.3) is 0 Å². The Morgan fingerprint density at radius 1 is 1.53 bits per heavy atom. The predicted molar refractivity (Wildman–Crippen MR) is 62.8 cm³/mol. The summed E-state index contributed by atoms with van der Waals surface area (Å²) in [5.74, 6) is 0. The maximum Gasteiger partial charge on any atom is 0.123 e. The minimum absolute atomic E-state index is 0.652. The van der Waals surface area contributed by atoms with Gasteiger partial charge >= 0.3 is 0 Å². The first-order chi connectivity index (χ1) is 7.20. The van der Waals surface area contributed by atoms with Crippen LogP contribution in [0.4, 0.5) is 0 Å². The van der Waals surface area contributed by atoms with Gasteiger partial charge in [0.25, 0.3) is 0 Å². The zero-order valence-corrected chi connectivity index (χ0v) is 10.4. The van der Waals surface area contributed by atoms with Crippen LogP contribution in [-0.2, 0) is 0 Å². The lowest BCUT2D eigenvalue weighted by Crippen LogP contribution is -2.01. The predicted octanol–water partition coefficient (Wildman–Crippen LogP) is 2.69. The van der Waals surface area contributed by atoms with Gasteiger partial charge < -0.3 is 5.11 Å². The van der Waals surface area contributed by atoms with Crippen molar-refractivity contribution in [1.82, 2.24) is 9.97 Å². The van der Waals surface area contributed by atoms with Crippen LogP contribution < -0.4 is 0 Å². The number of hydrogen-bond donors (Lipinski definition) is 1. The van der Waals surface area contributed by atoms with Gasteiger partial charge in [0.05, 0.1) is 10.4 Å². The molecule has 0 bridgehead atoms. The van der Waals surface area contributed by atoms with E-state index in [1.54, 1.807) is 17.9 Å². The molecule has 0 amide bonds. The Labute approximate surface area is 100.0 Å². The largest absolute Gasteiger partial charge is 0.383 e. The van der Waals surface area contributed by atoms with Gasteiger partial charge in [0.2, 0.25) is 0 Å². The van der Waals surface area contributed by atoms with Crippen LogP contribution in [0, 0.1) is 6.92 Å². The van der Waals surface area contributed by atoms with E-state index in [4.69, 9.17) is 0 Å². The summed E-state index contributed by atoms with van der Waals surface area (Å²) in [4.78, 5) is 8.87. The van der Waals surface area contributed by atoms with Gasteiger partial charge in [-0.25, -0.2) is 4.98 Å². The molecule has 2 heterocycles. The van der Waals surface area contributed by atoms with Crippen LogP contribution in [-0.4, -0.2) is 15.1 Å². The molecule has 0 aliphatic carbocycles. The highest BCUT2D eigenvalue weighted by Gasteiger charge is 2.17. The van der Waals surface area contributed by atoms with E-state index in [-0.39, 0.29) is 0 Å². The molecule has 0 fully saturated rings. The van der Waals surface area contributed by atoms with Crippen LogP contribution in [0.3, 0.4) is 0 Å². The minimum Gasteiger partial charge on any atom is -0.383 e. The number of aromatic nitrogens is 2.